The molecule has 4 heterocycles. The maximum Gasteiger partial charge on any atom is 0.222 e. The molecule has 1 amide bonds. The van der Waals surface area contributed by atoms with Crippen molar-refractivity contribution in [3.05, 3.63) is 12.4 Å². The summed E-state index contributed by atoms with van der Waals surface area (Å²) in [5, 5.41) is 9.54. The summed E-state index contributed by atoms with van der Waals surface area (Å²) in [5.74, 6) is 2.20. The van der Waals surface area contributed by atoms with Crippen molar-refractivity contribution in [3.8, 4) is 0 Å². The van der Waals surface area contributed by atoms with Crippen molar-refractivity contribution in [1.82, 2.24) is 14.9 Å². The molecule has 3 aliphatic heterocycles. The molecular formula is C18H27N5O2. The van der Waals surface area contributed by atoms with Gasteiger partial charge < -0.3 is 19.8 Å². The molecule has 0 aromatic carbocycles. The van der Waals surface area contributed by atoms with Gasteiger partial charge in [-0.3, -0.25) is 4.79 Å². The van der Waals surface area contributed by atoms with Gasteiger partial charge in [-0.05, 0) is 32.1 Å². The summed E-state index contributed by atoms with van der Waals surface area (Å²) in [4.78, 5) is 27.4. The molecule has 1 atom stereocenters. The zero-order chi connectivity index (χ0) is 17.2. The van der Waals surface area contributed by atoms with E-state index in [2.05, 4.69) is 30.7 Å². The standard InChI is InChI=1S/C18H27N5O2/c24-12-15-3-1-7-22(15)17-11-16(19-13-20-17)21-9-5-14(6-10-21)23-8-2-4-18(23)25/h11,13-15,24H,1-10,12H2/t15-/m0/s1. The van der Waals surface area contributed by atoms with E-state index in [9.17, 15) is 9.90 Å². The van der Waals surface area contributed by atoms with E-state index in [-0.39, 0.29) is 12.6 Å². The number of carbonyl (C=O) groups excluding carboxylic acids is 1. The molecule has 1 aromatic rings. The SMILES string of the molecule is O=C1CCCN1C1CCN(c2cc(N3CCC[C@H]3CO)ncn2)CC1. The van der Waals surface area contributed by atoms with Crippen LogP contribution in [0.3, 0.4) is 0 Å². The number of nitrogens with zero attached hydrogens (tertiary/aromatic N) is 5. The number of carbonyl (C=O) groups is 1. The molecule has 7 heteroatoms. The molecule has 0 bridgehead atoms. The third kappa shape index (κ3) is 3.29. The van der Waals surface area contributed by atoms with E-state index in [1.807, 2.05) is 0 Å². The largest absolute Gasteiger partial charge is 0.394 e. The number of aliphatic hydroxyl groups is 1. The predicted octanol–water partition coefficient (Wildman–Crippen LogP) is 1.03. The average Bonchev–Trinajstić information content (AvgIpc) is 3.30. The van der Waals surface area contributed by atoms with Crippen LogP contribution in [0.25, 0.3) is 0 Å². The zero-order valence-corrected chi connectivity index (χ0v) is 14.7. The lowest BCUT2D eigenvalue weighted by Gasteiger charge is -2.37. The molecule has 3 fully saturated rings. The number of amides is 1. The fourth-order valence-corrected chi connectivity index (χ4v) is 4.46. The Morgan fingerprint density at radius 2 is 1.76 bits per heavy atom. The van der Waals surface area contributed by atoms with Crippen LogP contribution in [0.5, 0.6) is 0 Å². The van der Waals surface area contributed by atoms with E-state index in [4.69, 9.17) is 0 Å². The second kappa shape index (κ2) is 7.15. The molecular weight excluding hydrogens is 318 g/mol. The van der Waals surface area contributed by atoms with Crippen molar-refractivity contribution < 1.29 is 9.90 Å². The van der Waals surface area contributed by atoms with E-state index >= 15 is 0 Å². The monoisotopic (exact) mass is 345 g/mol. The predicted molar refractivity (Wildman–Crippen MR) is 95.7 cm³/mol. The number of aromatic nitrogens is 2. The van der Waals surface area contributed by atoms with Crippen molar-refractivity contribution in [2.75, 3.05) is 42.6 Å². The smallest absolute Gasteiger partial charge is 0.222 e. The summed E-state index contributed by atoms with van der Waals surface area (Å²) < 4.78 is 0. The highest BCUT2D eigenvalue weighted by molar-refractivity contribution is 5.78. The molecule has 0 saturated carbocycles. The van der Waals surface area contributed by atoms with Crippen LogP contribution < -0.4 is 9.80 Å². The molecule has 0 radical (unpaired) electrons. The Kier molecular flexibility index (Phi) is 4.74. The normalized spacial score (nSPS) is 25.2. The average molecular weight is 345 g/mol. The first kappa shape index (κ1) is 16.6. The van der Waals surface area contributed by atoms with Crippen LogP contribution in [0.2, 0.25) is 0 Å². The van der Waals surface area contributed by atoms with E-state index in [0.717, 1.165) is 76.3 Å². The molecule has 7 nitrogen and oxygen atoms in total. The van der Waals surface area contributed by atoms with Gasteiger partial charge in [0.15, 0.2) is 0 Å². The molecule has 0 aliphatic carbocycles. The lowest BCUT2D eigenvalue weighted by molar-refractivity contribution is -0.130. The quantitative estimate of drug-likeness (QED) is 0.879. The maximum atomic E-state index is 11.9. The van der Waals surface area contributed by atoms with Crippen LogP contribution >= 0.6 is 0 Å². The number of likely N-dealkylation sites (tertiary alicyclic amines) is 1. The van der Waals surface area contributed by atoms with Crippen LogP contribution in [0.1, 0.15) is 38.5 Å². The van der Waals surface area contributed by atoms with Crippen LogP contribution in [0.4, 0.5) is 11.6 Å². The first-order valence-corrected chi connectivity index (χ1v) is 9.50. The van der Waals surface area contributed by atoms with Crippen molar-refractivity contribution in [3.63, 3.8) is 0 Å². The highest BCUT2D eigenvalue weighted by Gasteiger charge is 2.31. The molecule has 3 saturated heterocycles. The van der Waals surface area contributed by atoms with Gasteiger partial charge in [-0.1, -0.05) is 0 Å². The molecule has 3 aliphatic rings. The van der Waals surface area contributed by atoms with Crippen molar-refractivity contribution in [2.24, 2.45) is 0 Å². The Balaban J connectivity index is 1.41. The Hall–Kier alpha value is -1.89. The van der Waals surface area contributed by atoms with Crippen LogP contribution in [0.15, 0.2) is 12.4 Å². The van der Waals surface area contributed by atoms with Gasteiger partial charge in [0.2, 0.25) is 5.91 Å². The number of piperidine rings is 1. The molecule has 1 N–H and O–H groups in total. The minimum absolute atomic E-state index is 0.175. The van der Waals surface area contributed by atoms with Gasteiger partial charge in [0, 0.05) is 44.7 Å². The molecule has 1 aromatic heterocycles. The van der Waals surface area contributed by atoms with Crippen molar-refractivity contribution in [1.29, 1.82) is 0 Å². The van der Waals surface area contributed by atoms with Gasteiger partial charge in [-0.2, -0.15) is 0 Å². The zero-order valence-electron chi connectivity index (χ0n) is 14.7. The Morgan fingerprint density at radius 1 is 1.00 bits per heavy atom. The number of hydrogen-bond donors (Lipinski definition) is 1. The summed E-state index contributed by atoms with van der Waals surface area (Å²) in [6, 6.07) is 2.62. The number of anilines is 2. The lowest BCUT2D eigenvalue weighted by atomic mass is 10.0. The van der Waals surface area contributed by atoms with E-state index in [1.54, 1.807) is 6.33 Å². The van der Waals surface area contributed by atoms with Crippen LogP contribution in [-0.4, -0.2) is 70.8 Å². The third-order valence-electron chi connectivity index (χ3n) is 5.86. The van der Waals surface area contributed by atoms with E-state index in [1.165, 1.54) is 0 Å². The van der Waals surface area contributed by atoms with Gasteiger partial charge in [0.1, 0.15) is 18.0 Å². The Morgan fingerprint density at radius 3 is 2.48 bits per heavy atom. The third-order valence-corrected chi connectivity index (χ3v) is 5.86. The second-order valence-corrected chi connectivity index (χ2v) is 7.32. The maximum absolute atomic E-state index is 11.9. The minimum Gasteiger partial charge on any atom is -0.394 e. The summed E-state index contributed by atoms with van der Waals surface area (Å²) in [5.41, 5.74) is 0. The van der Waals surface area contributed by atoms with Crippen molar-refractivity contribution >= 4 is 17.5 Å². The molecule has 0 unspecified atom stereocenters. The van der Waals surface area contributed by atoms with E-state index < -0.39 is 0 Å². The van der Waals surface area contributed by atoms with Crippen LogP contribution in [0, 0.1) is 0 Å². The highest BCUT2D eigenvalue weighted by Crippen LogP contribution is 2.28. The van der Waals surface area contributed by atoms with Crippen LogP contribution in [-0.2, 0) is 4.79 Å². The van der Waals surface area contributed by atoms with Gasteiger partial charge in [-0.15, -0.1) is 0 Å². The van der Waals surface area contributed by atoms with Gasteiger partial charge in [0.25, 0.3) is 0 Å². The second-order valence-electron chi connectivity index (χ2n) is 7.32. The summed E-state index contributed by atoms with van der Waals surface area (Å²) in [7, 11) is 0. The Labute approximate surface area is 148 Å². The number of aliphatic hydroxyl groups excluding tert-OH is 1. The Bertz CT molecular complexity index is 617. The molecule has 25 heavy (non-hydrogen) atoms. The first-order valence-electron chi connectivity index (χ1n) is 9.50. The van der Waals surface area contributed by atoms with Gasteiger partial charge >= 0.3 is 0 Å². The summed E-state index contributed by atoms with van der Waals surface area (Å²) in [6.07, 6.45) is 7.49. The fourth-order valence-electron chi connectivity index (χ4n) is 4.46. The first-order chi connectivity index (χ1) is 12.3. The number of rotatable bonds is 4. The topological polar surface area (TPSA) is 72.8 Å². The molecule has 0 spiro atoms. The molecule has 136 valence electrons. The van der Waals surface area contributed by atoms with E-state index in [0.29, 0.717) is 11.9 Å². The minimum atomic E-state index is 0.175. The number of hydrogen-bond acceptors (Lipinski definition) is 6. The summed E-state index contributed by atoms with van der Waals surface area (Å²) >= 11 is 0. The lowest BCUT2D eigenvalue weighted by Crippen LogP contribution is -2.45. The van der Waals surface area contributed by atoms with Gasteiger partial charge in [0.05, 0.1) is 12.6 Å². The fraction of sp³-hybridized carbons (Fsp3) is 0.722. The summed E-state index contributed by atoms with van der Waals surface area (Å²) in [6.45, 7) is 3.90. The van der Waals surface area contributed by atoms with Crippen molar-refractivity contribution in [2.45, 2.75) is 50.6 Å². The van der Waals surface area contributed by atoms with Gasteiger partial charge in [-0.25, -0.2) is 9.97 Å². The molecule has 4 rings (SSSR count). The highest BCUT2D eigenvalue weighted by atomic mass is 16.3.